The molecule has 1 heterocycles. The molecule has 8 heavy (non-hydrogen) atoms. The summed E-state index contributed by atoms with van der Waals surface area (Å²) < 4.78 is 0. The molecule has 3 nitrogen and oxygen atoms in total. The molecule has 0 aliphatic carbocycles. The summed E-state index contributed by atoms with van der Waals surface area (Å²) in [5, 5.41) is 14.7. The third-order valence-electron chi connectivity index (χ3n) is 0.865. The Labute approximate surface area is 52.1 Å². The van der Waals surface area contributed by atoms with Crippen LogP contribution in [0.3, 0.4) is 0 Å². The molecule has 0 unspecified atom stereocenters. The molecule has 0 bridgehead atoms. The molecule has 0 amide bonds. The van der Waals surface area contributed by atoms with Crippen LogP contribution >= 0.6 is 12.6 Å². The second kappa shape index (κ2) is 2.09. The Kier molecular flexibility index (Phi) is 1.43. The zero-order chi connectivity index (χ0) is 5.98. The van der Waals surface area contributed by atoms with Gasteiger partial charge in [0.2, 0.25) is 5.88 Å². The molecule has 0 atom stereocenters. The van der Waals surface area contributed by atoms with Gasteiger partial charge in [-0.05, 0) is 0 Å². The van der Waals surface area contributed by atoms with Crippen molar-refractivity contribution in [2.75, 3.05) is 0 Å². The summed E-state index contributed by atoms with van der Waals surface area (Å²) >= 11 is 3.93. The number of thiol groups is 1. The SMILES string of the molecule is Oc1[nH]ncc1CS. The van der Waals surface area contributed by atoms with E-state index < -0.39 is 0 Å². The minimum Gasteiger partial charge on any atom is -0.493 e. The Morgan fingerprint density at radius 1 is 1.88 bits per heavy atom. The molecule has 0 saturated heterocycles. The standard InChI is InChI=1S/C4H6N2OS/c7-4-3(2-8)1-5-6-4/h1,8H,2H2,(H2,5,6,7). The van der Waals surface area contributed by atoms with Crippen LogP contribution in [0.15, 0.2) is 6.20 Å². The van der Waals surface area contributed by atoms with E-state index in [9.17, 15) is 0 Å². The van der Waals surface area contributed by atoms with E-state index in [1.807, 2.05) is 0 Å². The molecule has 44 valence electrons. The molecule has 0 aliphatic heterocycles. The lowest BCUT2D eigenvalue weighted by Crippen LogP contribution is -1.69. The van der Waals surface area contributed by atoms with Crippen LogP contribution in [0.1, 0.15) is 5.56 Å². The maximum atomic E-state index is 8.78. The van der Waals surface area contributed by atoms with Crippen LogP contribution < -0.4 is 0 Å². The Bertz CT molecular complexity index is 174. The highest BCUT2D eigenvalue weighted by Crippen LogP contribution is 2.12. The fourth-order valence-electron chi connectivity index (χ4n) is 0.420. The van der Waals surface area contributed by atoms with Gasteiger partial charge in [0.1, 0.15) is 0 Å². The highest BCUT2D eigenvalue weighted by Gasteiger charge is 1.96. The second-order valence-electron chi connectivity index (χ2n) is 1.40. The van der Waals surface area contributed by atoms with Crippen molar-refractivity contribution < 1.29 is 5.11 Å². The molecule has 0 fully saturated rings. The minimum absolute atomic E-state index is 0.111. The summed E-state index contributed by atoms with van der Waals surface area (Å²) in [7, 11) is 0. The van der Waals surface area contributed by atoms with Crippen molar-refractivity contribution in [3.05, 3.63) is 11.8 Å². The highest BCUT2D eigenvalue weighted by atomic mass is 32.1. The van der Waals surface area contributed by atoms with Crippen LogP contribution in [-0.4, -0.2) is 15.3 Å². The summed E-state index contributed by atoms with van der Waals surface area (Å²) in [6.45, 7) is 0. The van der Waals surface area contributed by atoms with Crippen LogP contribution in [0.2, 0.25) is 0 Å². The monoisotopic (exact) mass is 130 g/mol. The van der Waals surface area contributed by atoms with E-state index in [-0.39, 0.29) is 5.88 Å². The quantitative estimate of drug-likeness (QED) is 0.486. The van der Waals surface area contributed by atoms with E-state index in [0.717, 1.165) is 5.56 Å². The number of aromatic hydroxyl groups is 1. The fraction of sp³-hybridized carbons (Fsp3) is 0.250. The third kappa shape index (κ3) is 0.790. The first kappa shape index (κ1) is 5.50. The van der Waals surface area contributed by atoms with Crippen LogP contribution in [0.4, 0.5) is 0 Å². The van der Waals surface area contributed by atoms with Crippen molar-refractivity contribution in [1.29, 1.82) is 0 Å². The molecule has 0 aliphatic rings. The molecule has 1 aromatic rings. The average Bonchev–Trinajstić information content (AvgIpc) is 2.14. The zero-order valence-corrected chi connectivity index (χ0v) is 5.02. The molecule has 0 spiro atoms. The molecule has 0 saturated carbocycles. The van der Waals surface area contributed by atoms with Gasteiger partial charge in [-0.3, -0.25) is 0 Å². The Morgan fingerprint density at radius 3 is 2.88 bits per heavy atom. The van der Waals surface area contributed by atoms with Gasteiger partial charge in [0.05, 0.1) is 6.20 Å². The fourth-order valence-corrected chi connectivity index (χ4v) is 0.651. The van der Waals surface area contributed by atoms with Gasteiger partial charge in [0.25, 0.3) is 0 Å². The topological polar surface area (TPSA) is 48.9 Å². The first-order chi connectivity index (χ1) is 3.84. The first-order valence-corrected chi connectivity index (χ1v) is 2.80. The van der Waals surface area contributed by atoms with Crippen molar-refractivity contribution in [1.82, 2.24) is 10.2 Å². The summed E-state index contributed by atoms with van der Waals surface area (Å²) in [6.07, 6.45) is 1.54. The third-order valence-corrected chi connectivity index (χ3v) is 1.21. The first-order valence-electron chi connectivity index (χ1n) is 2.16. The largest absolute Gasteiger partial charge is 0.493 e. The molecule has 2 N–H and O–H groups in total. The van der Waals surface area contributed by atoms with E-state index in [1.54, 1.807) is 6.20 Å². The van der Waals surface area contributed by atoms with Crippen molar-refractivity contribution in [2.24, 2.45) is 0 Å². The maximum absolute atomic E-state index is 8.78. The number of hydrogen-bond donors (Lipinski definition) is 3. The lowest BCUT2D eigenvalue weighted by atomic mass is 10.4. The van der Waals surface area contributed by atoms with Gasteiger partial charge in [-0.1, -0.05) is 0 Å². The van der Waals surface area contributed by atoms with Gasteiger partial charge in [-0.15, -0.1) is 0 Å². The molecule has 0 radical (unpaired) electrons. The van der Waals surface area contributed by atoms with Gasteiger partial charge < -0.3 is 5.11 Å². The molecular formula is C4H6N2OS. The van der Waals surface area contributed by atoms with Crippen molar-refractivity contribution >= 4 is 12.6 Å². The normalized spacial score (nSPS) is 9.62. The van der Waals surface area contributed by atoms with Gasteiger partial charge >= 0.3 is 0 Å². The van der Waals surface area contributed by atoms with E-state index in [4.69, 9.17) is 5.11 Å². The Morgan fingerprint density at radius 2 is 2.62 bits per heavy atom. The lowest BCUT2D eigenvalue weighted by molar-refractivity contribution is 0.448. The Balaban J connectivity index is 2.92. The average molecular weight is 130 g/mol. The summed E-state index contributed by atoms with van der Waals surface area (Å²) in [6, 6.07) is 0. The van der Waals surface area contributed by atoms with Crippen LogP contribution in [0.25, 0.3) is 0 Å². The van der Waals surface area contributed by atoms with Gasteiger partial charge in [0, 0.05) is 11.3 Å². The van der Waals surface area contributed by atoms with E-state index in [2.05, 4.69) is 22.8 Å². The van der Waals surface area contributed by atoms with Gasteiger partial charge in [0.15, 0.2) is 0 Å². The smallest absolute Gasteiger partial charge is 0.210 e. The molecule has 1 aromatic heterocycles. The molecular weight excluding hydrogens is 124 g/mol. The second-order valence-corrected chi connectivity index (χ2v) is 1.72. The lowest BCUT2D eigenvalue weighted by Gasteiger charge is -1.84. The number of rotatable bonds is 1. The van der Waals surface area contributed by atoms with Crippen molar-refractivity contribution in [3.8, 4) is 5.88 Å². The van der Waals surface area contributed by atoms with Crippen LogP contribution in [0.5, 0.6) is 5.88 Å². The number of H-pyrrole nitrogens is 1. The number of aromatic nitrogens is 2. The number of aromatic amines is 1. The highest BCUT2D eigenvalue weighted by molar-refractivity contribution is 7.79. The molecule has 1 rings (SSSR count). The maximum Gasteiger partial charge on any atom is 0.210 e. The van der Waals surface area contributed by atoms with Crippen LogP contribution in [0, 0.1) is 0 Å². The van der Waals surface area contributed by atoms with Crippen LogP contribution in [-0.2, 0) is 5.75 Å². The summed E-state index contributed by atoms with van der Waals surface area (Å²) in [5.41, 5.74) is 0.730. The van der Waals surface area contributed by atoms with E-state index in [0.29, 0.717) is 5.75 Å². The van der Waals surface area contributed by atoms with Crippen molar-refractivity contribution in [3.63, 3.8) is 0 Å². The van der Waals surface area contributed by atoms with Crippen molar-refractivity contribution in [2.45, 2.75) is 5.75 Å². The summed E-state index contributed by atoms with van der Waals surface area (Å²) in [4.78, 5) is 0. The van der Waals surface area contributed by atoms with Gasteiger partial charge in [-0.2, -0.15) is 17.7 Å². The van der Waals surface area contributed by atoms with E-state index >= 15 is 0 Å². The number of hydrogen-bond acceptors (Lipinski definition) is 3. The molecule has 0 aromatic carbocycles. The molecule has 4 heteroatoms. The van der Waals surface area contributed by atoms with E-state index in [1.165, 1.54) is 0 Å². The predicted molar refractivity (Wildman–Crippen MR) is 32.9 cm³/mol. The Hall–Kier alpha value is -0.640. The number of nitrogens with zero attached hydrogens (tertiary/aromatic N) is 1. The van der Waals surface area contributed by atoms with Gasteiger partial charge in [-0.25, -0.2) is 5.10 Å². The predicted octanol–water partition coefficient (Wildman–Crippen LogP) is 0.545. The minimum atomic E-state index is 0.111. The zero-order valence-electron chi connectivity index (χ0n) is 4.13. The summed E-state index contributed by atoms with van der Waals surface area (Å²) in [5.74, 6) is 0.627. The number of nitrogens with one attached hydrogen (secondary N) is 1.